The molecular formula is C33H32Cl2FN3O4S. The second-order valence-electron chi connectivity index (χ2n) is 10.1. The van der Waals surface area contributed by atoms with E-state index < -0.39 is 40.2 Å². The standard InChI is InChI=1S/C33H32Cl2FN3O4S/c1-2-19-37-33(41)31(20-24-9-5-3-6-10-24)38(22-25-13-16-27(36)17-14-25)32(40)23-39(30-21-26(34)15-18-29(30)35)44(42,43)28-11-7-4-8-12-28/h3-18,21,31H,2,19-20,22-23H2,1H3,(H,37,41)/t31-/m1/s1. The Kier molecular flexibility index (Phi) is 11.4. The van der Waals surface area contributed by atoms with Gasteiger partial charge in [0.2, 0.25) is 11.8 Å². The molecule has 0 saturated carbocycles. The van der Waals surface area contributed by atoms with Gasteiger partial charge in [0.25, 0.3) is 10.0 Å². The number of carbonyl (C=O) groups is 2. The van der Waals surface area contributed by atoms with Crippen LogP contribution in [0.5, 0.6) is 0 Å². The molecule has 11 heteroatoms. The zero-order valence-corrected chi connectivity index (χ0v) is 26.3. The number of hydrogen-bond donors (Lipinski definition) is 1. The monoisotopic (exact) mass is 655 g/mol. The maximum absolute atomic E-state index is 14.4. The summed E-state index contributed by atoms with van der Waals surface area (Å²) in [7, 11) is -4.33. The molecule has 0 radical (unpaired) electrons. The van der Waals surface area contributed by atoms with Gasteiger partial charge in [0.1, 0.15) is 18.4 Å². The van der Waals surface area contributed by atoms with Crippen molar-refractivity contribution in [3.63, 3.8) is 0 Å². The Bertz CT molecular complexity index is 1670. The zero-order valence-electron chi connectivity index (χ0n) is 24.0. The Morgan fingerprint density at radius 3 is 2.14 bits per heavy atom. The van der Waals surface area contributed by atoms with Gasteiger partial charge in [0.05, 0.1) is 15.6 Å². The maximum atomic E-state index is 14.4. The number of nitrogens with one attached hydrogen (secondary N) is 1. The van der Waals surface area contributed by atoms with Crippen molar-refractivity contribution in [1.82, 2.24) is 10.2 Å². The average Bonchev–Trinajstić information content (AvgIpc) is 3.03. The quantitative estimate of drug-likeness (QED) is 0.178. The molecule has 2 amide bonds. The number of carbonyl (C=O) groups excluding carboxylic acids is 2. The number of halogens is 3. The summed E-state index contributed by atoms with van der Waals surface area (Å²) in [5.74, 6) is -1.52. The second-order valence-corrected chi connectivity index (χ2v) is 12.8. The van der Waals surface area contributed by atoms with Crippen molar-refractivity contribution < 1.29 is 22.4 Å². The second kappa shape index (κ2) is 15.2. The number of nitrogens with zero attached hydrogens (tertiary/aromatic N) is 2. The van der Waals surface area contributed by atoms with Gasteiger partial charge in [0, 0.05) is 24.5 Å². The van der Waals surface area contributed by atoms with Crippen LogP contribution < -0.4 is 9.62 Å². The Morgan fingerprint density at radius 1 is 0.864 bits per heavy atom. The number of benzene rings is 4. The lowest BCUT2D eigenvalue weighted by molar-refractivity contribution is -0.140. The molecule has 44 heavy (non-hydrogen) atoms. The maximum Gasteiger partial charge on any atom is 0.264 e. The van der Waals surface area contributed by atoms with Gasteiger partial charge in [-0.1, -0.05) is 90.8 Å². The van der Waals surface area contributed by atoms with Crippen LogP contribution in [0.2, 0.25) is 10.0 Å². The van der Waals surface area contributed by atoms with Crippen LogP contribution in [0, 0.1) is 5.82 Å². The summed E-state index contributed by atoms with van der Waals surface area (Å²) in [5, 5.41) is 3.16. The summed E-state index contributed by atoms with van der Waals surface area (Å²) in [6, 6.07) is 25.7. The summed E-state index contributed by atoms with van der Waals surface area (Å²) in [4.78, 5) is 29.3. The van der Waals surface area contributed by atoms with Crippen molar-refractivity contribution in [2.75, 3.05) is 17.4 Å². The van der Waals surface area contributed by atoms with E-state index >= 15 is 0 Å². The summed E-state index contributed by atoms with van der Waals surface area (Å²) >= 11 is 12.7. The first-order valence-corrected chi connectivity index (χ1v) is 16.2. The van der Waals surface area contributed by atoms with E-state index in [1.54, 1.807) is 18.2 Å². The van der Waals surface area contributed by atoms with E-state index in [-0.39, 0.29) is 33.6 Å². The van der Waals surface area contributed by atoms with Crippen LogP contribution in [-0.4, -0.2) is 44.3 Å². The third kappa shape index (κ3) is 8.37. The molecule has 4 aromatic rings. The lowest BCUT2D eigenvalue weighted by Crippen LogP contribution is -2.53. The SMILES string of the molecule is CCCNC(=O)[C@@H](Cc1ccccc1)N(Cc1ccc(F)cc1)C(=O)CN(c1cc(Cl)ccc1Cl)S(=O)(=O)c1ccccc1. The van der Waals surface area contributed by atoms with Gasteiger partial charge in [-0.05, 0) is 60.0 Å². The van der Waals surface area contributed by atoms with Crippen LogP contribution in [0.15, 0.2) is 108 Å². The van der Waals surface area contributed by atoms with E-state index in [1.165, 1.54) is 59.5 Å². The molecule has 0 aliphatic heterocycles. The smallest absolute Gasteiger partial charge is 0.264 e. The minimum absolute atomic E-state index is 0.00754. The highest BCUT2D eigenvalue weighted by atomic mass is 35.5. The van der Waals surface area contributed by atoms with E-state index in [0.29, 0.717) is 18.5 Å². The molecule has 0 unspecified atom stereocenters. The van der Waals surface area contributed by atoms with Crippen LogP contribution >= 0.6 is 23.2 Å². The number of amides is 2. The van der Waals surface area contributed by atoms with Crippen LogP contribution in [0.4, 0.5) is 10.1 Å². The van der Waals surface area contributed by atoms with Crippen molar-refractivity contribution in [3.8, 4) is 0 Å². The number of hydrogen-bond acceptors (Lipinski definition) is 4. The van der Waals surface area contributed by atoms with Crippen molar-refractivity contribution in [2.45, 2.75) is 37.2 Å². The van der Waals surface area contributed by atoms with Gasteiger partial charge in [-0.3, -0.25) is 13.9 Å². The van der Waals surface area contributed by atoms with E-state index in [2.05, 4.69) is 5.32 Å². The molecule has 230 valence electrons. The molecule has 1 atom stereocenters. The van der Waals surface area contributed by atoms with Crippen molar-refractivity contribution in [2.24, 2.45) is 0 Å². The zero-order chi connectivity index (χ0) is 31.7. The third-order valence-corrected chi connectivity index (χ3v) is 9.20. The van der Waals surface area contributed by atoms with Crippen molar-refractivity contribution >= 4 is 50.7 Å². The molecule has 0 aliphatic rings. The number of anilines is 1. The highest BCUT2D eigenvalue weighted by molar-refractivity contribution is 7.92. The molecule has 1 N–H and O–H groups in total. The van der Waals surface area contributed by atoms with Gasteiger partial charge < -0.3 is 10.2 Å². The Morgan fingerprint density at radius 2 is 1.50 bits per heavy atom. The van der Waals surface area contributed by atoms with E-state index in [4.69, 9.17) is 23.2 Å². The lowest BCUT2D eigenvalue weighted by Gasteiger charge is -2.34. The predicted molar refractivity (Wildman–Crippen MR) is 172 cm³/mol. The lowest BCUT2D eigenvalue weighted by atomic mass is 10.0. The fraction of sp³-hybridized carbons (Fsp3) is 0.212. The molecule has 0 saturated heterocycles. The highest BCUT2D eigenvalue weighted by Gasteiger charge is 2.35. The largest absolute Gasteiger partial charge is 0.354 e. The minimum Gasteiger partial charge on any atom is -0.354 e. The van der Waals surface area contributed by atoms with Crippen LogP contribution in [0.25, 0.3) is 0 Å². The molecular weight excluding hydrogens is 624 g/mol. The molecule has 0 bridgehead atoms. The predicted octanol–water partition coefficient (Wildman–Crippen LogP) is 6.49. The minimum atomic E-state index is -4.33. The molecule has 4 rings (SSSR count). The highest BCUT2D eigenvalue weighted by Crippen LogP contribution is 2.33. The molecule has 0 heterocycles. The van der Waals surface area contributed by atoms with E-state index in [9.17, 15) is 22.4 Å². The first-order valence-electron chi connectivity index (χ1n) is 14.0. The Hall–Kier alpha value is -3.92. The van der Waals surface area contributed by atoms with E-state index in [0.717, 1.165) is 9.87 Å². The molecule has 0 spiro atoms. The van der Waals surface area contributed by atoms with Gasteiger partial charge in [-0.2, -0.15) is 0 Å². The Balaban J connectivity index is 1.81. The molecule has 4 aromatic carbocycles. The van der Waals surface area contributed by atoms with Gasteiger partial charge in [0.15, 0.2) is 0 Å². The Labute approximate surface area is 267 Å². The molecule has 0 fully saturated rings. The number of sulfonamides is 1. The van der Waals surface area contributed by atoms with Gasteiger partial charge >= 0.3 is 0 Å². The van der Waals surface area contributed by atoms with Crippen molar-refractivity contribution in [1.29, 1.82) is 0 Å². The molecule has 7 nitrogen and oxygen atoms in total. The van der Waals surface area contributed by atoms with Gasteiger partial charge in [-0.25, -0.2) is 12.8 Å². The summed E-state index contributed by atoms with van der Waals surface area (Å²) in [6.45, 7) is 1.52. The first kappa shape index (κ1) is 33.0. The van der Waals surface area contributed by atoms with Crippen LogP contribution in [0.1, 0.15) is 24.5 Å². The van der Waals surface area contributed by atoms with Crippen LogP contribution in [0.3, 0.4) is 0 Å². The first-order chi connectivity index (χ1) is 21.1. The third-order valence-electron chi connectivity index (χ3n) is 6.87. The van der Waals surface area contributed by atoms with Gasteiger partial charge in [-0.15, -0.1) is 0 Å². The fourth-order valence-corrected chi connectivity index (χ4v) is 6.50. The number of rotatable bonds is 13. The normalized spacial score (nSPS) is 11.9. The van der Waals surface area contributed by atoms with Crippen molar-refractivity contribution in [3.05, 3.63) is 130 Å². The molecule has 0 aromatic heterocycles. The summed E-state index contributed by atoms with van der Waals surface area (Å²) in [5.41, 5.74) is 1.36. The topological polar surface area (TPSA) is 86.8 Å². The average molecular weight is 657 g/mol. The fourth-order valence-electron chi connectivity index (χ4n) is 4.62. The summed E-state index contributed by atoms with van der Waals surface area (Å²) < 4.78 is 42.7. The molecule has 0 aliphatic carbocycles. The van der Waals surface area contributed by atoms with Crippen LogP contribution in [-0.2, 0) is 32.6 Å². The van der Waals surface area contributed by atoms with E-state index in [1.807, 2.05) is 37.3 Å². The summed E-state index contributed by atoms with van der Waals surface area (Å²) in [6.07, 6.45) is 0.832.